The summed E-state index contributed by atoms with van der Waals surface area (Å²) in [6.07, 6.45) is 3.38. The first-order valence-electron chi connectivity index (χ1n) is 9.66. The molecule has 0 radical (unpaired) electrons. The number of oxazole rings is 1. The predicted molar refractivity (Wildman–Crippen MR) is 109 cm³/mol. The Bertz CT molecular complexity index is 847. The number of aromatic nitrogens is 1. The monoisotopic (exact) mass is 378 g/mol. The fourth-order valence-electron chi connectivity index (χ4n) is 2.85. The summed E-state index contributed by atoms with van der Waals surface area (Å²) < 4.78 is 11.5. The van der Waals surface area contributed by atoms with Crippen LogP contribution in [0.5, 0.6) is 0 Å². The number of carbonyl (C=O) groups is 1. The van der Waals surface area contributed by atoms with Crippen LogP contribution in [-0.2, 0) is 16.0 Å². The van der Waals surface area contributed by atoms with Crippen molar-refractivity contribution >= 4 is 5.91 Å². The van der Waals surface area contributed by atoms with Crippen molar-refractivity contribution in [2.24, 2.45) is 0 Å². The van der Waals surface area contributed by atoms with Gasteiger partial charge in [-0.15, -0.1) is 0 Å². The van der Waals surface area contributed by atoms with Gasteiger partial charge in [0.15, 0.2) is 11.7 Å². The second-order valence-electron chi connectivity index (χ2n) is 6.61. The SMILES string of the molecule is CC(OCCCNC(=O)CCc1ncc(-c2ccccc2)o1)c1ccccc1. The standard InChI is InChI=1S/C23H26N2O3/c1-18(19-9-4-2-5-10-19)27-16-8-15-24-22(26)13-14-23-25-17-21(28-23)20-11-6-3-7-12-20/h2-7,9-12,17-18H,8,13-16H2,1H3,(H,24,26). The fourth-order valence-corrected chi connectivity index (χ4v) is 2.85. The van der Waals surface area contributed by atoms with Crippen molar-refractivity contribution in [3.63, 3.8) is 0 Å². The first-order valence-corrected chi connectivity index (χ1v) is 9.66. The Hall–Kier alpha value is -2.92. The highest BCUT2D eigenvalue weighted by Crippen LogP contribution is 2.20. The second kappa shape index (κ2) is 10.4. The van der Waals surface area contributed by atoms with Crippen LogP contribution in [0.4, 0.5) is 0 Å². The van der Waals surface area contributed by atoms with Crippen LogP contribution in [0.3, 0.4) is 0 Å². The maximum Gasteiger partial charge on any atom is 0.220 e. The van der Waals surface area contributed by atoms with Crippen LogP contribution in [0.25, 0.3) is 11.3 Å². The van der Waals surface area contributed by atoms with Crippen molar-refractivity contribution in [1.29, 1.82) is 0 Å². The van der Waals surface area contributed by atoms with E-state index in [1.54, 1.807) is 6.20 Å². The first-order chi connectivity index (χ1) is 13.7. The molecule has 2 aromatic carbocycles. The summed E-state index contributed by atoms with van der Waals surface area (Å²) in [5.74, 6) is 1.30. The van der Waals surface area contributed by atoms with Gasteiger partial charge in [-0.2, -0.15) is 0 Å². The Kier molecular flexibility index (Phi) is 7.38. The molecule has 0 aliphatic carbocycles. The molecular weight excluding hydrogens is 352 g/mol. The largest absolute Gasteiger partial charge is 0.441 e. The molecular formula is C23H26N2O3. The van der Waals surface area contributed by atoms with E-state index in [0.29, 0.717) is 31.9 Å². The molecule has 5 nitrogen and oxygen atoms in total. The van der Waals surface area contributed by atoms with Gasteiger partial charge in [0.2, 0.25) is 5.91 Å². The molecule has 1 heterocycles. The molecule has 3 aromatic rings. The molecule has 0 aliphatic rings. The number of hydrogen-bond acceptors (Lipinski definition) is 4. The fraction of sp³-hybridized carbons (Fsp3) is 0.304. The highest BCUT2D eigenvalue weighted by atomic mass is 16.5. The van der Waals surface area contributed by atoms with Crippen molar-refractivity contribution < 1.29 is 13.9 Å². The van der Waals surface area contributed by atoms with Gasteiger partial charge < -0.3 is 14.5 Å². The zero-order chi connectivity index (χ0) is 19.6. The van der Waals surface area contributed by atoms with Crippen LogP contribution in [0, 0.1) is 0 Å². The number of ether oxygens (including phenoxy) is 1. The van der Waals surface area contributed by atoms with E-state index >= 15 is 0 Å². The van der Waals surface area contributed by atoms with E-state index in [2.05, 4.69) is 22.4 Å². The van der Waals surface area contributed by atoms with Crippen molar-refractivity contribution in [1.82, 2.24) is 10.3 Å². The summed E-state index contributed by atoms with van der Waals surface area (Å²) in [7, 11) is 0. The molecule has 1 aromatic heterocycles. The smallest absolute Gasteiger partial charge is 0.220 e. The van der Waals surface area contributed by atoms with Gasteiger partial charge in [-0.05, 0) is 18.9 Å². The van der Waals surface area contributed by atoms with E-state index in [-0.39, 0.29) is 12.0 Å². The minimum Gasteiger partial charge on any atom is -0.441 e. The number of aryl methyl sites for hydroxylation is 1. The third kappa shape index (κ3) is 6.06. The van der Waals surface area contributed by atoms with E-state index in [1.165, 1.54) is 0 Å². The van der Waals surface area contributed by atoms with Gasteiger partial charge in [-0.1, -0.05) is 60.7 Å². The lowest BCUT2D eigenvalue weighted by Crippen LogP contribution is -2.25. The van der Waals surface area contributed by atoms with Gasteiger partial charge in [0.05, 0.1) is 12.3 Å². The number of nitrogens with one attached hydrogen (secondary N) is 1. The maximum absolute atomic E-state index is 12.0. The number of carbonyl (C=O) groups excluding carboxylic acids is 1. The van der Waals surface area contributed by atoms with Gasteiger partial charge in [-0.3, -0.25) is 4.79 Å². The summed E-state index contributed by atoms with van der Waals surface area (Å²) in [6.45, 7) is 3.24. The summed E-state index contributed by atoms with van der Waals surface area (Å²) in [5, 5.41) is 2.92. The van der Waals surface area contributed by atoms with Crippen LogP contribution >= 0.6 is 0 Å². The molecule has 0 fully saturated rings. The summed E-state index contributed by atoms with van der Waals surface area (Å²) in [5.41, 5.74) is 2.14. The Balaban J connectivity index is 1.30. The molecule has 0 saturated heterocycles. The second-order valence-corrected chi connectivity index (χ2v) is 6.61. The molecule has 28 heavy (non-hydrogen) atoms. The summed E-state index contributed by atoms with van der Waals surface area (Å²) in [6, 6.07) is 19.9. The van der Waals surface area contributed by atoms with Crippen LogP contribution in [0.2, 0.25) is 0 Å². The maximum atomic E-state index is 12.0. The molecule has 146 valence electrons. The molecule has 0 bridgehead atoms. The van der Waals surface area contributed by atoms with Crippen LogP contribution in [0.1, 0.15) is 37.3 Å². The van der Waals surface area contributed by atoms with E-state index in [1.807, 2.05) is 55.5 Å². The van der Waals surface area contributed by atoms with Crippen LogP contribution < -0.4 is 5.32 Å². The molecule has 0 saturated carbocycles. The Morgan fingerprint density at radius 2 is 1.82 bits per heavy atom. The minimum atomic E-state index is -0.00410. The normalized spacial score (nSPS) is 11.9. The molecule has 1 N–H and O–H groups in total. The van der Waals surface area contributed by atoms with Gasteiger partial charge in [0.1, 0.15) is 0 Å². The van der Waals surface area contributed by atoms with Crippen molar-refractivity contribution in [3.8, 4) is 11.3 Å². The number of hydrogen-bond donors (Lipinski definition) is 1. The third-order valence-corrected chi connectivity index (χ3v) is 4.46. The van der Waals surface area contributed by atoms with Crippen LogP contribution in [0.15, 0.2) is 71.3 Å². The van der Waals surface area contributed by atoms with Crippen molar-refractivity contribution in [2.75, 3.05) is 13.2 Å². The summed E-state index contributed by atoms with van der Waals surface area (Å²) >= 11 is 0. The zero-order valence-corrected chi connectivity index (χ0v) is 16.1. The molecule has 1 atom stereocenters. The van der Waals surface area contributed by atoms with Crippen molar-refractivity contribution in [2.45, 2.75) is 32.3 Å². The summed E-state index contributed by atoms with van der Waals surface area (Å²) in [4.78, 5) is 16.2. The van der Waals surface area contributed by atoms with Gasteiger partial charge >= 0.3 is 0 Å². The molecule has 0 spiro atoms. The Morgan fingerprint density at radius 3 is 2.57 bits per heavy atom. The molecule has 3 rings (SSSR count). The van der Waals surface area contributed by atoms with E-state index in [4.69, 9.17) is 9.15 Å². The van der Waals surface area contributed by atoms with E-state index in [9.17, 15) is 4.79 Å². The molecule has 5 heteroatoms. The van der Waals surface area contributed by atoms with E-state index in [0.717, 1.165) is 23.3 Å². The average Bonchev–Trinajstić information content (AvgIpc) is 3.22. The quantitative estimate of drug-likeness (QED) is 0.525. The topological polar surface area (TPSA) is 64.4 Å². The molecule has 1 unspecified atom stereocenters. The van der Waals surface area contributed by atoms with E-state index < -0.39 is 0 Å². The average molecular weight is 378 g/mol. The Labute approximate surface area is 165 Å². The van der Waals surface area contributed by atoms with Gasteiger partial charge in [0, 0.05) is 31.6 Å². The van der Waals surface area contributed by atoms with Crippen molar-refractivity contribution in [3.05, 3.63) is 78.3 Å². The zero-order valence-electron chi connectivity index (χ0n) is 16.1. The predicted octanol–water partition coefficient (Wildman–Crippen LogP) is 4.56. The third-order valence-electron chi connectivity index (χ3n) is 4.46. The van der Waals surface area contributed by atoms with Gasteiger partial charge in [-0.25, -0.2) is 4.98 Å². The number of amides is 1. The molecule has 0 aliphatic heterocycles. The first kappa shape index (κ1) is 19.8. The molecule has 1 amide bonds. The highest BCUT2D eigenvalue weighted by Gasteiger charge is 2.09. The van der Waals surface area contributed by atoms with Gasteiger partial charge in [0.25, 0.3) is 0 Å². The lowest BCUT2D eigenvalue weighted by Gasteiger charge is -2.13. The number of nitrogens with zero attached hydrogens (tertiary/aromatic N) is 1. The Morgan fingerprint density at radius 1 is 1.11 bits per heavy atom. The number of benzene rings is 2. The van der Waals surface area contributed by atoms with Crippen LogP contribution in [-0.4, -0.2) is 24.0 Å². The lowest BCUT2D eigenvalue weighted by molar-refractivity contribution is -0.121. The minimum absolute atomic E-state index is 0.00410. The number of rotatable bonds is 10. The highest BCUT2D eigenvalue weighted by molar-refractivity contribution is 5.76. The lowest BCUT2D eigenvalue weighted by atomic mass is 10.1.